The SMILES string of the molecule is Cc1cc(CN2CCN(C(C(=O)N3CCCCC3)c3ccccc3)CC2)on1. The zero-order valence-corrected chi connectivity index (χ0v) is 16.7. The van der Waals surface area contributed by atoms with Crippen LogP contribution in [0.3, 0.4) is 0 Å². The van der Waals surface area contributed by atoms with Gasteiger partial charge in [-0.3, -0.25) is 14.6 Å². The molecule has 1 amide bonds. The molecule has 4 rings (SSSR count). The topological polar surface area (TPSA) is 52.8 Å². The van der Waals surface area contributed by atoms with Gasteiger partial charge in [0.05, 0.1) is 12.2 Å². The number of piperidine rings is 1. The molecule has 150 valence electrons. The number of aromatic nitrogens is 1. The quantitative estimate of drug-likeness (QED) is 0.796. The molecule has 2 aliphatic heterocycles. The van der Waals surface area contributed by atoms with E-state index in [-0.39, 0.29) is 11.9 Å². The smallest absolute Gasteiger partial charge is 0.244 e. The lowest BCUT2D eigenvalue weighted by molar-refractivity contribution is -0.139. The van der Waals surface area contributed by atoms with Gasteiger partial charge in [0.2, 0.25) is 5.91 Å². The van der Waals surface area contributed by atoms with Gasteiger partial charge < -0.3 is 9.42 Å². The number of hydrogen-bond acceptors (Lipinski definition) is 5. The fraction of sp³-hybridized carbons (Fsp3) is 0.545. The maximum atomic E-state index is 13.4. The summed E-state index contributed by atoms with van der Waals surface area (Å²) in [6, 6.07) is 12.1. The number of benzene rings is 1. The van der Waals surface area contributed by atoms with Gasteiger partial charge in [0.15, 0.2) is 5.76 Å². The van der Waals surface area contributed by atoms with Crippen molar-refractivity contribution in [3.05, 3.63) is 53.4 Å². The highest BCUT2D eigenvalue weighted by Crippen LogP contribution is 2.26. The van der Waals surface area contributed by atoms with Crippen LogP contribution < -0.4 is 0 Å². The Bertz CT molecular complexity index is 762. The average molecular weight is 383 g/mol. The predicted molar refractivity (Wildman–Crippen MR) is 108 cm³/mol. The van der Waals surface area contributed by atoms with E-state index >= 15 is 0 Å². The maximum Gasteiger partial charge on any atom is 0.244 e. The molecule has 1 aromatic carbocycles. The number of amides is 1. The van der Waals surface area contributed by atoms with Crippen molar-refractivity contribution in [1.29, 1.82) is 0 Å². The van der Waals surface area contributed by atoms with Crippen LogP contribution in [0, 0.1) is 6.92 Å². The Balaban J connectivity index is 1.44. The highest BCUT2D eigenvalue weighted by molar-refractivity contribution is 5.83. The van der Waals surface area contributed by atoms with E-state index in [4.69, 9.17) is 4.52 Å². The van der Waals surface area contributed by atoms with Crippen molar-refractivity contribution in [2.24, 2.45) is 0 Å². The Morgan fingerprint density at radius 3 is 2.39 bits per heavy atom. The van der Waals surface area contributed by atoms with Crippen molar-refractivity contribution < 1.29 is 9.32 Å². The molecule has 0 radical (unpaired) electrons. The molecule has 2 fully saturated rings. The summed E-state index contributed by atoms with van der Waals surface area (Å²) in [5.74, 6) is 1.18. The normalized spacial score (nSPS) is 20.2. The Kier molecular flexibility index (Phi) is 6.07. The van der Waals surface area contributed by atoms with E-state index in [1.54, 1.807) is 0 Å². The number of likely N-dealkylation sites (tertiary alicyclic amines) is 1. The van der Waals surface area contributed by atoms with Crippen LogP contribution in [0.5, 0.6) is 0 Å². The zero-order chi connectivity index (χ0) is 19.3. The monoisotopic (exact) mass is 382 g/mol. The van der Waals surface area contributed by atoms with Crippen LogP contribution in [0.25, 0.3) is 0 Å². The summed E-state index contributed by atoms with van der Waals surface area (Å²) in [6.45, 7) is 8.14. The molecular weight excluding hydrogens is 352 g/mol. The van der Waals surface area contributed by atoms with Crippen molar-refractivity contribution in [2.75, 3.05) is 39.3 Å². The van der Waals surface area contributed by atoms with Crippen LogP contribution >= 0.6 is 0 Å². The molecule has 28 heavy (non-hydrogen) atoms. The molecule has 2 saturated heterocycles. The van der Waals surface area contributed by atoms with E-state index in [0.29, 0.717) is 0 Å². The minimum atomic E-state index is -0.172. The highest BCUT2D eigenvalue weighted by Gasteiger charge is 2.33. The Hall–Kier alpha value is -2.18. The summed E-state index contributed by atoms with van der Waals surface area (Å²) in [5.41, 5.74) is 2.03. The van der Waals surface area contributed by atoms with Gasteiger partial charge in [-0.2, -0.15) is 0 Å². The van der Waals surface area contributed by atoms with Crippen LogP contribution in [0.1, 0.15) is 42.3 Å². The molecule has 0 aliphatic carbocycles. The van der Waals surface area contributed by atoms with Crippen LogP contribution in [0.2, 0.25) is 0 Å². The minimum absolute atomic E-state index is 0.172. The highest BCUT2D eigenvalue weighted by atomic mass is 16.5. The van der Waals surface area contributed by atoms with E-state index in [2.05, 4.69) is 32.0 Å². The molecule has 1 atom stereocenters. The van der Waals surface area contributed by atoms with E-state index in [0.717, 1.165) is 75.7 Å². The molecule has 0 saturated carbocycles. The molecule has 0 N–H and O–H groups in total. The van der Waals surface area contributed by atoms with Crippen molar-refractivity contribution in [3.8, 4) is 0 Å². The third-order valence-electron chi connectivity index (χ3n) is 5.85. The Morgan fingerprint density at radius 2 is 1.75 bits per heavy atom. The van der Waals surface area contributed by atoms with E-state index in [9.17, 15) is 4.79 Å². The summed E-state index contributed by atoms with van der Waals surface area (Å²) >= 11 is 0. The van der Waals surface area contributed by atoms with Gasteiger partial charge in [-0.05, 0) is 31.7 Å². The first-order valence-electron chi connectivity index (χ1n) is 10.4. The van der Waals surface area contributed by atoms with Crippen LogP contribution in [-0.4, -0.2) is 65.0 Å². The number of hydrogen-bond donors (Lipinski definition) is 0. The third kappa shape index (κ3) is 4.45. The Morgan fingerprint density at radius 1 is 1.04 bits per heavy atom. The Labute approximate surface area is 167 Å². The molecule has 0 spiro atoms. The summed E-state index contributed by atoms with van der Waals surface area (Å²) in [5, 5.41) is 3.98. The molecule has 6 nitrogen and oxygen atoms in total. The van der Waals surface area contributed by atoms with Gasteiger partial charge in [0, 0.05) is 45.3 Å². The number of rotatable bonds is 5. The first-order chi connectivity index (χ1) is 13.7. The van der Waals surface area contributed by atoms with E-state index in [1.165, 1.54) is 6.42 Å². The summed E-state index contributed by atoms with van der Waals surface area (Å²) < 4.78 is 5.36. The maximum absolute atomic E-state index is 13.4. The van der Waals surface area contributed by atoms with E-state index in [1.807, 2.05) is 31.2 Å². The summed E-state index contributed by atoms with van der Waals surface area (Å²) in [4.78, 5) is 20.2. The lowest BCUT2D eigenvalue weighted by Crippen LogP contribution is -2.52. The molecule has 0 bridgehead atoms. The lowest BCUT2D eigenvalue weighted by Gasteiger charge is -2.40. The van der Waals surface area contributed by atoms with Gasteiger partial charge in [0.25, 0.3) is 0 Å². The van der Waals surface area contributed by atoms with Crippen LogP contribution in [0.4, 0.5) is 0 Å². The van der Waals surface area contributed by atoms with Crippen molar-refractivity contribution in [2.45, 2.75) is 38.8 Å². The first kappa shape index (κ1) is 19.2. The third-order valence-corrected chi connectivity index (χ3v) is 5.85. The summed E-state index contributed by atoms with van der Waals surface area (Å²) in [6.07, 6.45) is 3.48. The molecule has 2 aromatic rings. The van der Waals surface area contributed by atoms with Crippen molar-refractivity contribution in [3.63, 3.8) is 0 Å². The minimum Gasteiger partial charge on any atom is -0.360 e. The van der Waals surface area contributed by atoms with Gasteiger partial charge in [-0.15, -0.1) is 0 Å². The van der Waals surface area contributed by atoms with Gasteiger partial charge >= 0.3 is 0 Å². The lowest BCUT2D eigenvalue weighted by atomic mass is 10.0. The van der Waals surface area contributed by atoms with Crippen LogP contribution in [-0.2, 0) is 11.3 Å². The fourth-order valence-corrected chi connectivity index (χ4v) is 4.32. The molecule has 2 aliphatic rings. The number of nitrogens with zero attached hydrogens (tertiary/aromatic N) is 4. The molecule has 1 unspecified atom stereocenters. The molecule has 1 aromatic heterocycles. The number of piperazine rings is 1. The fourth-order valence-electron chi connectivity index (χ4n) is 4.32. The molecule has 6 heteroatoms. The predicted octanol–water partition coefficient (Wildman–Crippen LogP) is 2.85. The van der Waals surface area contributed by atoms with Crippen molar-refractivity contribution >= 4 is 5.91 Å². The van der Waals surface area contributed by atoms with Gasteiger partial charge in [-0.25, -0.2) is 0 Å². The molecule has 3 heterocycles. The van der Waals surface area contributed by atoms with Crippen molar-refractivity contribution in [1.82, 2.24) is 19.9 Å². The number of carbonyl (C=O) groups excluding carboxylic acids is 1. The number of aryl methyl sites for hydroxylation is 1. The standard InChI is InChI=1S/C22H30N4O2/c1-18-16-20(28-23-18)17-24-12-14-25(15-13-24)21(19-8-4-2-5-9-19)22(27)26-10-6-3-7-11-26/h2,4-5,8-9,16,21H,3,6-7,10-15,17H2,1H3. The second kappa shape index (κ2) is 8.88. The summed E-state index contributed by atoms with van der Waals surface area (Å²) in [7, 11) is 0. The molecular formula is C22H30N4O2. The van der Waals surface area contributed by atoms with Gasteiger partial charge in [0.1, 0.15) is 6.04 Å². The first-order valence-corrected chi connectivity index (χ1v) is 10.4. The largest absolute Gasteiger partial charge is 0.360 e. The zero-order valence-electron chi connectivity index (χ0n) is 16.7. The number of carbonyl (C=O) groups is 1. The average Bonchev–Trinajstić information content (AvgIpc) is 3.15. The van der Waals surface area contributed by atoms with Crippen LogP contribution in [0.15, 0.2) is 40.9 Å². The second-order valence-electron chi connectivity index (χ2n) is 7.95. The van der Waals surface area contributed by atoms with Gasteiger partial charge in [-0.1, -0.05) is 35.5 Å². The van der Waals surface area contributed by atoms with E-state index < -0.39 is 0 Å². The second-order valence-corrected chi connectivity index (χ2v) is 7.95.